The first kappa shape index (κ1) is 20.2. The van der Waals surface area contributed by atoms with Crippen molar-refractivity contribution in [3.05, 3.63) is 46.5 Å². The van der Waals surface area contributed by atoms with Crippen LogP contribution in [0.25, 0.3) is 0 Å². The Labute approximate surface area is 158 Å². The highest BCUT2D eigenvalue weighted by molar-refractivity contribution is 6.31. The van der Waals surface area contributed by atoms with Crippen LogP contribution in [-0.4, -0.2) is 30.8 Å². The molecule has 0 amide bonds. The number of ketones is 1. The monoisotopic (exact) mass is 361 g/mol. The number of halogens is 1. The lowest BCUT2D eigenvalue weighted by Crippen LogP contribution is -2.22. The summed E-state index contributed by atoms with van der Waals surface area (Å²) in [5.74, 6) is 1.57. The van der Waals surface area contributed by atoms with Crippen LogP contribution in [0.2, 0.25) is 5.02 Å². The average Bonchev–Trinajstić information content (AvgIpc) is 2.57. The molecule has 2 unspecified atom stereocenters. The van der Waals surface area contributed by atoms with Crippen LogP contribution in [0.5, 0.6) is 0 Å². The van der Waals surface area contributed by atoms with Gasteiger partial charge in [-0.25, -0.2) is 0 Å². The second kappa shape index (κ2) is 10.1. The minimum absolute atomic E-state index is 0.372. The lowest BCUT2D eigenvalue weighted by molar-refractivity contribution is -0.116. The molecule has 1 aromatic carbocycles. The molecule has 2 rings (SSSR count). The molecule has 0 aromatic heterocycles. The number of carbonyl (C=O) groups is 1. The van der Waals surface area contributed by atoms with Crippen molar-refractivity contribution in [2.45, 2.75) is 52.4 Å². The van der Waals surface area contributed by atoms with Gasteiger partial charge in [0.1, 0.15) is 0 Å². The molecule has 0 saturated heterocycles. The molecule has 0 heterocycles. The molecule has 1 aliphatic rings. The molecule has 1 aliphatic carbocycles. The third-order valence-corrected chi connectivity index (χ3v) is 5.47. The van der Waals surface area contributed by atoms with Crippen molar-refractivity contribution in [1.29, 1.82) is 0 Å². The molecular formula is C22H32ClNO. The van der Waals surface area contributed by atoms with Crippen LogP contribution in [0.3, 0.4) is 0 Å². The summed E-state index contributed by atoms with van der Waals surface area (Å²) in [6.07, 6.45) is 8.12. The van der Waals surface area contributed by atoms with Crippen molar-refractivity contribution in [1.82, 2.24) is 4.90 Å². The number of unbranched alkanes of at least 4 members (excludes halogenated alkanes) is 1. The second-order valence-electron chi connectivity index (χ2n) is 7.74. The van der Waals surface area contributed by atoms with E-state index in [1.54, 1.807) is 0 Å². The van der Waals surface area contributed by atoms with E-state index < -0.39 is 0 Å². The summed E-state index contributed by atoms with van der Waals surface area (Å²) >= 11 is 6.20. The van der Waals surface area contributed by atoms with Crippen molar-refractivity contribution >= 4 is 17.4 Å². The zero-order valence-corrected chi connectivity index (χ0v) is 16.7. The molecule has 0 radical (unpaired) electrons. The van der Waals surface area contributed by atoms with E-state index in [4.69, 9.17) is 11.6 Å². The lowest BCUT2D eigenvalue weighted by atomic mass is 9.82. The standard InChI is InChI=1S/C22H32ClNO/c1-17-14-18(2)16-20(15-17)22(25)10-6-7-12-24(3)13-11-19-8-4-5-9-21(19)23/h4-5,8-9,15,17-18H,6-7,10-14,16H2,1-3H3. The van der Waals surface area contributed by atoms with E-state index >= 15 is 0 Å². The molecule has 0 spiro atoms. The van der Waals surface area contributed by atoms with Gasteiger partial charge in [0, 0.05) is 18.0 Å². The maximum Gasteiger partial charge on any atom is 0.158 e. The Morgan fingerprint density at radius 2 is 1.96 bits per heavy atom. The van der Waals surface area contributed by atoms with Crippen molar-refractivity contribution < 1.29 is 4.79 Å². The van der Waals surface area contributed by atoms with Crippen LogP contribution < -0.4 is 0 Å². The topological polar surface area (TPSA) is 20.3 Å². The summed E-state index contributed by atoms with van der Waals surface area (Å²) in [4.78, 5) is 14.7. The van der Waals surface area contributed by atoms with Crippen molar-refractivity contribution in [3.8, 4) is 0 Å². The number of hydrogen-bond donors (Lipinski definition) is 0. The summed E-state index contributed by atoms with van der Waals surface area (Å²) in [6.45, 7) is 6.50. The Kier molecular flexibility index (Phi) is 8.18. The summed E-state index contributed by atoms with van der Waals surface area (Å²) < 4.78 is 0. The third kappa shape index (κ3) is 6.95. The maximum absolute atomic E-state index is 12.4. The number of Topliss-reactive ketones (excluding diaryl/α,β-unsaturated/α-hetero) is 1. The van der Waals surface area contributed by atoms with Crippen LogP contribution >= 0.6 is 11.6 Å². The van der Waals surface area contributed by atoms with Gasteiger partial charge < -0.3 is 4.90 Å². The number of likely N-dealkylation sites (N-methyl/N-ethyl adjacent to an activating group) is 1. The summed E-state index contributed by atoms with van der Waals surface area (Å²) in [7, 11) is 2.14. The van der Waals surface area contributed by atoms with Gasteiger partial charge >= 0.3 is 0 Å². The zero-order valence-electron chi connectivity index (χ0n) is 15.9. The van der Waals surface area contributed by atoms with Crippen LogP contribution in [0.15, 0.2) is 35.9 Å². The van der Waals surface area contributed by atoms with E-state index in [1.807, 2.05) is 18.2 Å². The average molecular weight is 362 g/mol. The van der Waals surface area contributed by atoms with Crippen LogP contribution in [0, 0.1) is 11.8 Å². The molecule has 0 fully saturated rings. The van der Waals surface area contributed by atoms with Gasteiger partial charge in [-0.3, -0.25) is 4.79 Å². The molecular weight excluding hydrogens is 330 g/mol. The third-order valence-electron chi connectivity index (χ3n) is 5.10. The number of benzene rings is 1. The number of allylic oxidation sites excluding steroid dienone is 2. The molecule has 25 heavy (non-hydrogen) atoms. The summed E-state index contributed by atoms with van der Waals surface area (Å²) in [5, 5.41) is 0.853. The van der Waals surface area contributed by atoms with E-state index in [0.29, 0.717) is 24.0 Å². The van der Waals surface area contributed by atoms with E-state index in [0.717, 1.165) is 49.4 Å². The zero-order chi connectivity index (χ0) is 18.2. The Morgan fingerprint density at radius 1 is 1.20 bits per heavy atom. The van der Waals surface area contributed by atoms with Gasteiger partial charge in [-0.2, -0.15) is 0 Å². The van der Waals surface area contributed by atoms with Crippen molar-refractivity contribution in [2.24, 2.45) is 11.8 Å². The minimum atomic E-state index is 0.372. The fourth-order valence-electron chi connectivity index (χ4n) is 3.73. The van der Waals surface area contributed by atoms with Gasteiger partial charge in [0.05, 0.1) is 0 Å². The van der Waals surface area contributed by atoms with Crippen molar-refractivity contribution in [2.75, 3.05) is 20.1 Å². The van der Waals surface area contributed by atoms with Gasteiger partial charge in [0.25, 0.3) is 0 Å². The van der Waals surface area contributed by atoms with Crippen molar-refractivity contribution in [3.63, 3.8) is 0 Å². The largest absolute Gasteiger partial charge is 0.306 e. The van der Waals surface area contributed by atoms with Crippen LogP contribution in [0.4, 0.5) is 0 Å². The molecule has 1 aromatic rings. The number of carbonyl (C=O) groups excluding carboxylic acids is 1. The number of hydrogen-bond acceptors (Lipinski definition) is 2. The summed E-state index contributed by atoms with van der Waals surface area (Å²) in [6, 6.07) is 8.04. The summed E-state index contributed by atoms with van der Waals surface area (Å²) in [5.41, 5.74) is 2.29. The van der Waals surface area contributed by atoms with Gasteiger partial charge in [-0.05, 0) is 74.7 Å². The van der Waals surface area contributed by atoms with Crippen LogP contribution in [-0.2, 0) is 11.2 Å². The molecule has 138 valence electrons. The first-order valence-corrected chi connectivity index (χ1v) is 9.99. The van der Waals surface area contributed by atoms with Crippen LogP contribution in [0.1, 0.15) is 51.5 Å². The molecule has 0 N–H and O–H groups in total. The van der Waals surface area contributed by atoms with E-state index in [1.165, 1.54) is 12.0 Å². The number of nitrogens with zero attached hydrogens (tertiary/aromatic N) is 1. The highest BCUT2D eigenvalue weighted by atomic mass is 35.5. The molecule has 0 bridgehead atoms. The fourth-order valence-corrected chi connectivity index (χ4v) is 3.96. The SMILES string of the molecule is CC1C=C(C(=O)CCCCN(C)CCc2ccccc2Cl)CC(C)C1. The van der Waals surface area contributed by atoms with Gasteiger partial charge in [-0.1, -0.05) is 49.7 Å². The maximum atomic E-state index is 12.4. The normalized spacial score (nSPS) is 20.6. The Balaban J connectivity index is 1.64. The first-order chi connectivity index (χ1) is 12.0. The lowest BCUT2D eigenvalue weighted by Gasteiger charge is -2.23. The second-order valence-corrected chi connectivity index (χ2v) is 8.15. The minimum Gasteiger partial charge on any atom is -0.306 e. The molecule has 0 saturated carbocycles. The van der Waals surface area contributed by atoms with E-state index in [-0.39, 0.29) is 0 Å². The van der Waals surface area contributed by atoms with Gasteiger partial charge in [-0.15, -0.1) is 0 Å². The highest BCUT2D eigenvalue weighted by Gasteiger charge is 2.20. The van der Waals surface area contributed by atoms with E-state index in [9.17, 15) is 4.79 Å². The highest BCUT2D eigenvalue weighted by Crippen LogP contribution is 2.28. The predicted octanol–water partition coefficient (Wildman–Crippen LogP) is 5.55. The Morgan fingerprint density at radius 3 is 2.68 bits per heavy atom. The molecule has 2 nitrogen and oxygen atoms in total. The molecule has 3 heteroatoms. The smallest absolute Gasteiger partial charge is 0.158 e. The number of rotatable bonds is 9. The Bertz CT molecular complexity index is 595. The quantitative estimate of drug-likeness (QED) is 0.538. The molecule has 0 aliphatic heterocycles. The molecule has 2 atom stereocenters. The van der Waals surface area contributed by atoms with Gasteiger partial charge in [0.15, 0.2) is 5.78 Å². The Hall–Kier alpha value is -1.12. The van der Waals surface area contributed by atoms with Gasteiger partial charge in [0.2, 0.25) is 0 Å². The van der Waals surface area contributed by atoms with E-state index in [2.05, 4.69) is 37.9 Å². The predicted molar refractivity (Wildman–Crippen MR) is 107 cm³/mol. The fraction of sp³-hybridized carbons (Fsp3) is 0.591. The first-order valence-electron chi connectivity index (χ1n) is 9.61.